The Morgan fingerprint density at radius 1 is 1.14 bits per heavy atom. The fourth-order valence-corrected chi connectivity index (χ4v) is 2.50. The Balaban J connectivity index is 1.44. The number of carbonyl (C=O) groups is 3. The number of nitrogens with one attached hydrogen (secondary N) is 2. The summed E-state index contributed by atoms with van der Waals surface area (Å²) in [6, 6.07) is 9.96. The van der Waals surface area contributed by atoms with Gasteiger partial charge in [0.1, 0.15) is 12.4 Å². The predicted molar refractivity (Wildman–Crippen MR) is 94.3 cm³/mol. The van der Waals surface area contributed by atoms with Crippen molar-refractivity contribution in [2.24, 2.45) is 0 Å². The number of fused-ring (bicyclic) bond motifs is 1. The van der Waals surface area contributed by atoms with Crippen LogP contribution in [0.5, 0.6) is 11.5 Å². The molecule has 8 nitrogen and oxygen atoms in total. The number of hydrogen-bond acceptors (Lipinski definition) is 6. The van der Waals surface area contributed by atoms with E-state index >= 15 is 0 Å². The zero-order valence-electron chi connectivity index (χ0n) is 14.2. The fraction of sp³-hybridized carbons (Fsp3) is 0.167. The molecule has 1 aliphatic rings. The average molecular weight is 409 g/mol. The van der Waals surface area contributed by atoms with Crippen LogP contribution >= 0.6 is 11.6 Å². The molecular formula is C18H14ClFN2O6. The molecule has 0 saturated carbocycles. The fourth-order valence-electron chi connectivity index (χ4n) is 2.26. The minimum atomic E-state index is -0.962. The van der Waals surface area contributed by atoms with Crippen LogP contribution in [0.3, 0.4) is 0 Å². The van der Waals surface area contributed by atoms with Crippen LogP contribution in [-0.2, 0) is 14.3 Å². The molecule has 10 heteroatoms. The molecule has 28 heavy (non-hydrogen) atoms. The number of para-hydroxylation sites is 2. The van der Waals surface area contributed by atoms with Crippen molar-refractivity contribution in [2.75, 3.05) is 13.2 Å². The zero-order valence-corrected chi connectivity index (χ0v) is 15.0. The SMILES string of the molecule is O=C(COC(=O)c1ccc(F)cc1Cl)NNC(=O)[C@@H]1COc2ccccc2O1. The molecule has 0 unspecified atom stereocenters. The van der Waals surface area contributed by atoms with Gasteiger partial charge in [-0.05, 0) is 30.3 Å². The van der Waals surface area contributed by atoms with Crippen LogP contribution in [-0.4, -0.2) is 37.1 Å². The third-order valence-electron chi connectivity index (χ3n) is 3.61. The van der Waals surface area contributed by atoms with Crippen molar-refractivity contribution in [3.8, 4) is 11.5 Å². The normalized spacial score (nSPS) is 14.7. The van der Waals surface area contributed by atoms with Gasteiger partial charge in [0.05, 0.1) is 10.6 Å². The van der Waals surface area contributed by atoms with E-state index in [1.54, 1.807) is 24.3 Å². The highest BCUT2D eigenvalue weighted by Crippen LogP contribution is 2.30. The molecule has 0 aromatic heterocycles. The van der Waals surface area contributed by atoms with E-state index in [1.807, 2.05) is 0 Å². The molecule has 0 bridgehead atoms. The van der Waals surface area contributed by atoms with E-state index in [9.17, 15) is 18.8 Å². The molecule has 2 amide bonds. The summed E-state index contributed by atoms with van der Waals surface area (Å²) in [6.07, 6.45) is -0.962. The van der Waals surface area contributed by atoms with Crippen LogP contribution in [0.1, 0.15) is 10.4 Å². The molecule has 2 aromatic rings. The topological polar surface area (TPSA) is 103 Å². The van der Waals surface area contributed by atoms with Gasteiger partial charge in [0.25, 0.3) is 11.8 Å². The highest BCUT2D eigenvalue weighted by molar-refractivity contribution is 6.33. The number of rotatable bonds is 4. The van der Waals surface area contributed by atoms with Crippen molar-refractivity contribution in [3.63, 3.8) is 0 Å². The van der Waals surface area contributed by atoms with Crippen molar-refractivity contribution < 1.29 is 33.0 Å². The molecule has 2 aromatic carbocycles. The van der Waals surface area contributed by atoms with Crippen molar-refractivity contribution in [3.05, 3.63) is 58.9 Å². The molecule has 0 aliphatic carbocycles. The largest absolute Gasteiger partial charge is 0.485 e. The van der Waals surface area contributed by atoms with Crippen molar-refractivity contribution in [1.29, 1.82) is 0 Å². The van der Waals surface area contributed by atoms with Gasteiger partial charge in [-0.1, -0.05) is 23.7 Å². The van der Waals surface area contributed by atoms with E-state index in [0.717, 1.165) is 18.2 Å². The number of ether oxygens (including phenoxy) is 3. The number of benzene rings is 2. The Hall–Kier alpha value is -3.33. The highest BCUT2D eigenvalue weighted by Gasteiger charge is 2.27. The number of carbonyl (C=O) groups excluding carboxylic acids is 3. The van der Waals surface area contributed by atoms with Gasteiger partial charge < -0.3 is 14.2 Å². The van der Waals surface area contributed by atoms with Gasteiger partial charge in [-0.2, -0.15) is 0 Å². The molecule has 146 valence electrons. The first-order valence-corrected chi connectivity index (χ1v) is 8.41. The maximum absolute atomic E-state index is 13.0. The smallest absolute Gasteiger partial charge is 0.340 e. The second-order valence-electron chi connectivity index (χ2n) is 5.60. The minimum Gasteiger partial charge on any atom is -0.485 e. The van der Waals surface area contributed by atoms with Gasteiger partial charge in [0.15, 0.2) is 18.1 Å². The Labute approximate surface area is 163 Å². The Morgan fingerprint density at radius 2 is 1.89 bits per heavy atom. The third-order valence-corrected chi connectivity index (χ3v) is 3.92. The summed E-state index contributed by atoms with van der Waals surface area (Å²) in [5.41, 5.74) is 4.15. The summed E-state index contributed by atoms with van der Waals surface area (Å²) >= 11 is 5.74. The average Bonchev–Trinajstić information content (AvgIpc) is 2.69. The monoisotopic (exact) mass is 408 g/mol. The quantitative estimate of drug-likeness (QED) is 0.588. The van der Waals surface area contributed by atoms with E-state index in [1.165, 1.54) is 0 Å². The summed E-state index contributed by atoms with van der Waals surface area (Å²) in [6.45, 7) is -0.714. The van der Waals surface area contributed by atoms with Crippen LogP contribution in [0.4, 0.5) is 4.39 Å². The highest BCUT2D eigenvalue weighted by atomic mass is 35.5. The Kier molecular flexibility index (Phi) is 5.95. The number of esters is 1. The molecular weight excluding hydrogens is 395 g/mol. The molecule has 0 saturated heterocycles. The lowest BCUT2D eigenvalue weighted by molar-refractivity contribution is -0.135. The lowest BCUT2D eigenvalue weighted by Gasteiger charge is -2.25. The molecule has 1 heterocycles. The van der Waals surface area contributed by atoms with Crippen molar-refractivity contribution in [1.82, 2.24) is 10.9 Å². The predicted octanol–water partition coefficient (Wildman–Crippen LogP) is 1.62. The number of halogens is 2. The number of hydrogen-bond donors (Lipinski definition) is 2. The first-order chi connectivity index (χ1) is 13.4. The summed E-state index contributed by atoms with van der Waals surface area (Å²) in [5.74, 6) is -2.04. The Morgan fingerprint density at radius 3 is 2.64 bits per heavy atom. The van der Waals surface area contributed by atoms with Gasteiger partial charge in [-0.15, -0.1) is 0 Å². The minimum absolute atomic E-state index is 0.0310. The summed E-state index contributed by atoms with van der Waals surface area (Å²) in [7, 11) is 0. The van der Waals surface area contributed by atoms with Crippen LogP contribution in [0, 0.1) is 5.82 Å². The molecule has 0 spiro atoms. The van der Waals surface area contributed by atoms with Gasteiger partial charge in [0.2, 0.25) is 6.10 Å². The first kappa shape index (κ1) is 19.4. The maximum Gasteiger partial charge on any atom is 0.340 e. The second-order valence-corrected chi connectivity index (χ2v) is 6.01. The first-order valence-electron chi connectivity index (χ1n) is 8.03. The molecule has 0 fully saturated rings. The van der Waals surface area contributed by atoms with Crippen LogP contribution in [0.2, 0.25) is 5.02 Å². The van der Waals surface area contributed by atoms with Crippen LogP contribution in [0.25, 0.3) is 0 Å². The van der Waals surface area contributed by atoms with E-state index in [-0.39, 0.29) is 17.2 Å². The molecule has 3 rings (SSSR count). The molecule has 1 atom stereocenters. The van der Waals surface area contributed by atoms with Crippen molar-refractivity contribution in [2.45, 2.75) is 6.10 Å². The summed E-state index contributed by atoms with van der Waals surface area (Å²) in [5, 5.41) is -0.145. The van der Waals surface area contributed by atoms with Gasteiger partial charge in [0, 0.05) is 0 Å². The summed E-state index contributed by atoms with van der Waals surface area (Å²) in [4.78, 5) is 35.6. The van der Waals surface area contributed by atoms with E-state index in [4.69, 9.17) is 25.8 Å². The second kappa shape index (κ2) is 8.57. The lowest BCUT2D eigenvalue weighted by Crippen LogP contribution is -2.51. The summed E-state index contributed by atoms with van der Waals surface area (Å²) < 4.78 is 28.6. The van der Waals surface area contributed by atoms with E-state index in [2.05, 4.69) is 10.9 Å². The number of amides is 2. The standard InChI is InChI=1S/C18H14ClFN2O6/c19-12-7-10(20)5-6-11(12)18(25)27-9-16(23)21-22-17(24)15-8-26-13-3-1-2-4-14(13)28-15/h1-7,15H,8-9H2,(H,21,23)(H,22,24)/t15-/m0/s1. The van der Waals surface area contributed by atoms with E-state index in [0.29, 0.717) is 11.5 Å². The molecule has 0 radical (unpaired) electrons. The zero-order chi connectivity index (χ0) is 20.1. The van der Waals surface area contributed by atoms with Crippen molar-refractivity contribution >= 4 is 29.4 Å². The lowest BCUT2D eigenvalue weighted by atomic mass is 10.2. The third kappa shape index (κ3) is 4.68. The molecule has 2 N–H and O–H groups in total. The van der Waals surface area contributed by atoms with Crippen LogP contribution in [0.15, 0.2) is 42.5 Å². The maximum atomic E-state index is 13.0. The van der Waals surface area contributed by atoms with Gasteiger partial charge in [-0.3, -0.25) is 20.4 Å². The molecule has 1 aliphatic heterocycles. The van der Waals surface area contributed by atoms with Crippen LogP contribution < -0.4 is 20.3 Å². The van der Waals surface area contributed by atoms with Gasteiger partial charge >= 0.3 is 5.97 Å². The van der Waals surface area contributed by atoms with Gasteiger partial charge in [-0.25, -0.2) is 9.18 Å². The number of hydrazine groups is 1. The van der Waals surface area contributed by atoms with E-state index < -0.39 is 36.3 Å². The Bertz CT molecular complexity index is 923.